The van der Waals surface area contributed by atoms with Gasteiger partial charge >= 0.3 is 0 Å². The molecule has 0 bridgehead atoms. The Bertz CT molecular complexity index is 1030. The standard InChI is InChI=1S/C24H27N3O3S/c1-16-5-7-19(8-6-16)23-26-17(2)22(31-23)24(29)27-11-9-18(10-12-27)14-21(28)25-15-20-4-3-13-30-20/h3-8,13,18H,9-12,14-15H2,1-2H3,(H,25,28). The quantitative estimate of drug-likeness (QED) is 0.613. The van der Waals surface area contributed by atoms with Crippen molar-refractivity contribution in [2.24, 2.45) is 5.92 Å². The van der Waals surface area contributed by atoms with E-state index in [0.29, 0.717) is 36.9 Å². The number of aryl methyl sites for hydroxylation is 2. The zero-order valence-corrected chi connectivity index (χ0v) is 18.7. The molecule has 1 aliphatic heterocycles. The summed E-state index contributed by atoms with van der Waals surface area (Å²) in [6, 6.07) is 11.9. The first kappa shape index (κ1) is 21.3. The van der Waals surface area contributed by atoms with Crippen molar-refractivity contribution in [3.05, 3.63) is 64.6 Å². The van der Waals surface area contributed by atoms with Crippen molar-refractivity contribution in [2.75, 3.05) is 13.1 Å². The molecular formula is C24H27N3O3S. The second kappa shape index (κ2) is 9.47. The zero-order valence-electron chi connectivity index (χ0n) is 17.9. The molecule has 3 heterocycles. The molecule has 0 unspecified atom stereocenters. The van der Waals surface area contributed by atoms with Gasteiger partial charge in [-0.3, -0.25) is 9.59 Å². The van der Waals surface area contributed by atoms with Crippen LogP contribution in [0.2, 0.25) is 0 Å². The predicted molar refractivity (Wildman–Crippen MR) is 121 cm³/mol. The lowest BCUT2D eigenvalue weighted by Gasteiger charge is -2.31. The summed E-state index contributed by atoms with van der Waals surface area (Å²) in [5.74, 6) is 1.13. The lowest BCUT2D eigenvalue weighted by molar-refractivity contribution is -0.122. The lowest BCUT2D eigenvalue weighted by Crippen LogP contribution is -2.39. The fraction of sp³-hybridized carbons (Fsp3) is 0.375. The van der Waals surface area contributed by atoms with Crippen LogP contribution in [0.15, 0.2) is 47.1 Å². The van der Waals surface area contributed by atoms with Crippen LogP contribution in [-0.2, 0) is 11.3 Å². The van der Waals surface area contributed by atoms with E-state index in [-0.39, 0.29) is 11.8 Å². The van der Waals surface area contributed by atoms with Crippen molar-refractivity contribution in [2.45, 2.75) is 39.7 Å². The number of thiazole rings is 1. The third-order valence-corrected chi connectivity index (χ3v) is 6.90. The molecule has 162 valence electrons. The normalized spacial score (nSPS) is 14.6. The average Bonchev–Trinajstić information content (AvgIpc) is 3.43. The molecule has 1 aliphatic rings. The Morgan fingerprint density at radius 3 is 2.58 bits per heavy atom. The molecule has 2 aromatic heterocycles. The Morgan fingerprint density at radius 1 is 1.16 bits per heavy atom. The summed E-state index contributed by atoms with van der Waals surface area (Å²) in [6.07, 6.45) is 3.76. The van der Waals surface area contributed by atoms with Crippen LogP contribution in [0, 0.1) is 19.8 Å². The average molecular weight is 438 g/mol. The van der Waals surface area contributed by atoms with E-state index in [2.05, 4.69) is 29.4 Å². The number of nitrogens with one attached hydrogen (secondary N) is 1. The Labute approximate surface area is 186 Å². The molecule has 1 N–H and O–H groups in total. The molecule has 1 aromatic carbocycles. The van der Waals surface area contributed by atoms with Crippen molar-refractivity contribution in [1.82, 2.24) is 15.2 Å². The van der Waals surface area contributed by atoms with Gasteiger partial charge in [-0.1, -0.05) is 29.8 Å². The zero-order chi connectivity index (χ0) is 21.8. The second-order valence-corrected chi connectivity index (χ2v) is 9.09. The summed E-state index contributed by atoms with van der Waals surface area (Å²) < 4.78 is 5.24. The van der Waals surface area contributed by atoms with E-state index in [4.69, 9.17) is 4.42 Å². The highest BCUT2D eigenvalue weighted by atomic mass is 32.1. The summed E-state index contributed by atoms with van der Waals surface area (Å²) >= 11 is 1.46. The number of nitrogens with zero attached hydrogens (tertiary/aromatic N) is 2. The largest absolute Gasteiger partial charge is 0.467 e. The second-order valence-electron chi connectivity index (χ2n) is 8.10. The summed E-state index contributed by atoms with van der Waals surface area (Å²) in [7, 11) is 0. The van der Waals surface area contributed by atoms with Crippen molar-refractivity contribution in [1.29, 1.82) is 0 Å². The number of carbonyl (C=O) groups excluding carboxylic acids is 2. The van der Waals surface area contributed by atoms with Gasteiger partial charge in [-0.15, -0.1) is 11.3 Å². The van der Waals surface area contributed by atoms with Gasteiger partial charge < -0.3 is 14.6 Å². The van der Waals surface area contributed by atoms with Gasteiger partial charge in [0.15, 0.2) is 0 Å². The highest BCUT2D eigenvalue weighted by Crippen LogP contribution is 2.30. The van der Waals surface area contributed by atoms with E-state index in [0.717, 1.165) is 34.9 Å². The maximum Gasteiger partial charge on any atom is 0.265 e. The smallest absolute Gasteiger partial charge is 0.265 e. The first-order valence-electron chi connectivity index (χ1n) is 10.6. The molecule has 6 nitrogen and oxygen atoms in total. The molecule has 0 saturated carbocycles. The Balaban J connectivity index is 1.30. The molecule has 2 amide bonds. The number of rotatable bonds is 6. The predicted octanol–water partition coefficient (Wildman–Crippen LogP) is 4.58. The van der Waals surface area contributed by atoms with E-state index in [1.165, 1.54) is 16.9 Å². The van der Waals surface area contributed by atoms with Crippen LogP contribution in [0.1, 0.15) is 46.0 Å². The van der Waals surface area contributed by atoms with Crippen LogP contribution in [0.3, 0.4) is 0 Å². The summed E-state index contributed by atoms with van der Waals surface area (Å²) in [4.78, 5) is 32.5. The minimum absolute atomic E-state index is 0.0298. The summed E-state index contributed by atoms with van der Waals surface area (Å²) in [5.41, 5.74) is 3.02. The molecule has 0 atom stereocenters. The molecule has 0 aliphatic carbocycles. The van der Waals surface area contributed by atoms with E-state index >= 15 is 0 Å². The van der Waals surface area contributed by atoms with Gasteiger partial charge in [0.1, 0.15) is 15.6 Å². The fourth-order valence-electron chi connectivity index (χ4n) is 3.83. The van der Waals surface area contributed by atoms with Gasteiger partial charge in [-0.2, -0.15) is 0 Å². The molecular weight excluding hydrogens is 410 g/mol. The number of hydrogen-bond donors (Lipinski definition) is 1. The van der Waals surface area contributed by atoms with E-state index < -0.39 is 0 Å². The topological polar surface area (TPSA) is 75.4 Å². The van der Waals surface area contributed by atoms with Gasteiger partial charge in [-0.25, -0.2) is 4.98 Å². The number of aromatic nitrogens is 1. The van der Waals surface area contributed by atoms with Crippen molar-refractivity contribution in [3.8, 4) is 10.6 Å². The molecule has 3 aromatic rings. The monoisotopic (exact) mass is 437 g/mol. The van der Waals surface area contributed by atoms with Crippen molar-refractivity contribution < 1.29 is 14.0 Å². The number of furan rings is 1. The molecule has 1 saturated heterocycles. The number of hydrogen-bond acceptors (Lipinski definition) is 5. The van der Waals surface area contributed by atoms with E-state index in [1.54, 1.807) is 6.26 Å². The van der Waals surface area contributed by atoms with Crippen molar-refractivity contribution >= 4 is 23.2 Å². The highest BCUT2D eigenvalue weighted by molar-refractivity contribution is 7.17. The lowest BCUT2D eigenvalue weighted by atomic mass is 9.93. The Kier molecular flexibility index (Phi) is 6.51. The number of amides is 2. The number of piperidine rings is 1. The molecule has 0 spiro atoms. The molecule has 7 heteroatoms. The molecule has 1 fully saturated rings. The maximum atomic E-state index is 13.1. The van der Waals surface area contributed by atoms with Crippen LogP contribution in [-0.4, -0.2) is 34.8 Å². The Hall–Kier alpha value is -2.93. The van der Waals surface area contributed by atoms with Crippen LogP contribution >= 0.6 is 11.3 Å². The number of carbonyl (C=O) groups is 2. The molecule has 31 heavy (non-hydrogen) atoms. The van der Waals surface area contributed by atoms with Crippen LogP contribution in [0.5, 0.6) is 0 Å². The van der Waals surface area contributed by atoms with Crippen LogP contribution in [0.4, 0.5) is 0 Å². The number of benzene rings is 1. The van der Waals surface area contributed by atoms with Gasteiger partial charge in [0.25, 0.3) is 5.91 Å². The number of likely N-dealkylation sites (tertiary alicyclic amines) is 1. The highest BCUT2D eigenvalue weighted by Gasteiger charge is 2.27. The third kappa shape index (κ3) is 5.22. The SMILES string of the molecule is Cc1ccc(-c2nc(C)c(C(=O)N3CCC(CC(=O)NCc4ccco4)CC3)s2)cc1. The summed E-state index contributed by atoms with van der Waals surface area (Å²) in [5, 5.41) is 3.78. The van der Waals surface area contributed by atoms with Gasteiger partial charge in [-0.05, 0) is 44.7 Å². The maximum absolute atomic E-state index is 13.1. The van der Waals surface area contributed by atoms with E-state index in [9.17, 15) is 9.59 Å². The van der Waals surface area contributed by atoms with Gasteiger partial charge in [0.05, 0.1) is 18.5 Å². The minimum atomic E-state index is 0.0298. The first-order valence-corrected chi connectivity index (χ1v) is 11.4. The first-order chi connectivity index (χ1) is 15.0. The molecule has 4 rings (SSSR count). The van der Waals surface area contributed by atoms with Crippen LogP contribution in [0.25, 0.3) is 10.6 Å². The fourth-order valence-corrected chi connectivity index (χ4v) is 4.87. The third-order valence-electron chi connectivity index (χ3n) is 5.71. The van der Waals surface area contributed by atoms with Crippen LogP contribution < -0.4 is 5.32 Å². The minimum Gasteiger partial charge on any atom is -0.467 e. The van der Waals surface area contributed by atoms with Gasteiger partial charge in [0, 0.05) is 25.1 Å². The Morgan fingerprint density at radius 2 is 1.90 bits per heavy atom. The van der Waals surface area contributed by atoms with Gasteiger partial charge in [0.2, 0.25) is 5.91 Å². The molecule has 0 radical (unpaired) electrons. The van der Waals surface area contributed by atoms with E-state index in [1.807, 2.05) is 36.1 Å². The summed E-state index contributed by atoms with van der Waals surface area (Å²) in [6.45, 7) is 5.71. The van der Waals surface area contributed by atoms with Crippen molar-refractivity contribution in [3.63, 3.8) is 0 Å².